The van der Waals surface area contributed by atoms with Crippen LogP contribution in [-0.4, -0.2) is 53.1 Å². The molecule has 0 spiro atoms. The lowest BCUT2D eigenvalue weighted by molar-refractivity contribution is -0.158. The van der Waals surface area contributed by atoms with Gasteiger partial charge in [0.15, 0.2) is 12.4 Å². The van der Waals surface area contributed by atoms with E-state index < -0.39 is 24.1 Å². The maximum Gasteiger partial charge on any atom is 0.308 e. The molecule has 0 aromatic carbocycles. The average Bonchev–Trinajstić information content (AvgIpc) is 3.46. The number of carbonyl (C=O) groups excluding carboxylic acids is 4. The van der Waals surface area contributed by atoms with E-state index in [4.69, 9.17) is 18.7 Å². The highest BCUT2D eigenvalue weighted by atomic mass is 16.6. The number of hydrogen-bond acceptors (Lipinski definition) is 10. The molecule has 0 saturated heterocycles. The minimum Gasteiger partial charge on any atom is -0.466 e. The third-order valence-electron chi connectivity index (χ3n) is 7.84. The van der Waals surface area contributed by atoms with Crippen molar-refractivity contribution in [3.05, 3.63) is 48.5 Å². The number of fused-ring (bicyclic) bond motifs is 1. The lowest BCUT2D eigenvalue weighted by atomic mass is 9.63. The summed E-state index contributed by atoms with van der Waals surface area (Å²) in [6, 6.07) is 3.52. The molecule has 2 aliphatic rings. The van der Waals surface area contributed by atoms with Gasteiger partial charge in [0.2, 0.25) is 0 Å². The first-order chi connectivity index (χ1) is 19.6. The van der Waals surface area contributed by atoms with Gasteiger partial charge in [0.05, 0.1) is 30.4 Å². The van der Waals surface area contributed by atoms with Crippen LogP contribution in [0.1, 0.15) is 71.5 Å². The van der Waals surface area contributed by atoms with Crippen molar-refractivity contribution < 1.29 is 43.0 Å². The van der Waals surface area contributed by atoms with Gasteiger partial charge in [0.1, 0.15) is 24.3 Å². The fraction of sp³-hybridized carbons (Fsp3) is 0.581. The first-order valence-corrected chi connectivity index (χ1v) is 14.3. The maximum atomic E-state index is 13.1. The number of ketones is 2. The number of allylic oxidation sites excluding steroid dienone is 1. The first-order valence-electron chi connectivity index (χ1n) is 14.3. The number of nitrogens with zero attached hydrogens (tertiary/aromatic N) is 1. The smallest absolute Gasteiger partial charge is 0.308 e. The van der Waals surface area contributed by atoms with Gasteiger partial charge < -0.3 is 23.8 Å². The minimum atomic E-state index is -1.16. The van der Waals surface area contributed by atoms with Crippen molar-refractivity contribution in [2.24, 2.45) is 28.8 Å². The number of carbonyl (C=O) groups is 4. The highest BCUT2D eigenvalue weighted by Gasteiger charge is 2.46. The van der Waals surface area contributed by atoms with Crippen LogP contribution >= 0.6 is 0 Å². The summed E-state index contributed by atoms with van der Waals surface area (Å²) < 4.78 is 16.2. The molecule has 1 heterocycles. The van der Waals surface area contributed by atoms with E-state index in [1.807, 2.05) is 20.8 Å². The fourth-order valence-electron chi connectivity index (χ4n) is 5.32. The second kappa shape index (κ2) is 15.5. The van der Waals surface area contributed by atoms with Crippen LogP contribution in [-0.2, 0) is 40.1 Å². The molecule has 0 radical (unpaired) electrons. The standard InChI is InChI=1S/C31H41NO9/c1-5-13-39-29(36)16-22(34)15-21(33)9-10-24-20(4)27(35)17-25-26(32-40-18-23-8-7-14-38-23)11-12-28(30(24)25)41-31(37)19(3)6-2/h5,7-8,14,17,19-20,22,24,28,30,34H,1,6,9-13,15-16,18H2,2-4H3. The molecule has 1 N–H and O–H groups in total. The third-order valence-corrected chi connectivity index (χ3v) is 7.84. The molecule has 10 nitrogen and oxygen atoms in total. The second-order valence-electron chi connectivity index (χ2n) is 10.8. The van der Waals surface area contributed by atoms with Gasteiger partial charge in [-0.05, 0) is 55.4 Å². The molecule has 1 fully saturated rings. The van der Waals surface area contributed by atoms with Gasteiger partial charge in [-0.25, -0.2) is 0 Å². The monoisotopic (exact) mass is 571 g/mol. The van der Waals surface area contributed by atoms with E-state index in [0.29, 0.717) is 42.7 Å². The Kier molecular flexibility index (Phi) is 12.1. The van der Waals surface area contributed by atoms with E-state index in [2.05, 4.69) is 11.7 Å². The number of aliphatic hydroxyl groups excluding tert-OH is 1. The highest BCUT2D eigenvalue weighted by molar-refractivity contribution is 6.08. The third kappa shape index (κ3) is 8.98. The summed E-state index contributed by atoms with van der Waals surface area (Å²) in [7, 11) is 0. The van der Waals surface area contributed by atoms with Crippen molar-refractivity contribution in [1.82, 2.24) is 0 Å². The zero-order chi connectivity index (χ0) is 29.9. The van der Waals surface area contributed by atoms with Crippen LogP contribution in [0.2, 0.25) is 0 Å². The molecule has 1 aromatic heterocycles. The summed E-state index contributed by atoms with van der Waals surface area (Å²) in [5.41, 5.74) is 1.28. The largest absolute Gasteiger partial charge is 0.466 e. The van der Waals surface area contributed by atoms with Crippen molar-refractivity contribution in [2.45, 2.75) is 84.5 Å². The van der Waals surface area contributed by atoms with E-state index in [9.17, 15) is 24.3 Å². The molecule has 41 heavy (non-hydrogen) atoms. The Hall–Kier alpha value is -3.53. The zero-order valence-corrected chi connectivity index (χ0v) is 24.1. The topological polar surface area (TPSA) is 142 Å². The molecule has 2 aliphatic carbocycles. The van der Waals surface area contributed by atoms with Crippen LogP contribution in [0.5, 0.6) is 0 Å². The summed E-state index contributed by atoms with van der Waals surface area (Å²) >= 11 is 0. The summed E-state index contributed by atoms with van der Waals surface area (Å²) in [4.78, 5) is 56.0. The number of esters is 2. The second-order valence-corrected chi connectivity index (χ2v) is 10.8. The van der Waals surface area contributed by atoms with Crippen LogP contribution in [0.3, 0.4) is 0 Å². The van der Waals surface area contributed by atoms with Crippen LogP contribution in [0.15, 0.2) is 52.3 Å². The van der Waals surface area contributed by atoms with Crippen LogP contribution in [0.4, 0.5) is 0 Å². The van der Waals surface area contributed by atoms with Crippen LogP contribution in [0, 0.1) is 23.7 Å². The number of furan rings is 1. The van der Waals surface area contributed by atoms with Gasteiger partial charge in [0, 0.05) is 24.7 Å². The zero-order valence-electron chi connectivity index (χ0n) is 24.1. The number of aliphatic hydroxyl groups is 1. The fourth-order valence-corrected chi connectivity index (χ4v) is 5.32. The predicted molar refractivity (Wildman–Crippen MR) is 149 cm³/mol. The lowest BCUT2D eigenvalue weighted by Crippen LogP contribution is -2.46. The van der Waals surface area contributed by atoms with Gasteiger partial charge in [-0.2, -0.15) is 0 Å². The number of ether oxygens (including phenoxy) is 2. The number of oxime groups is 1. The van der Waals surface area contributed by atoms with Crippen molar-refractivity contribution in [3.8, 4) is 0 Å². The van der Waals surface area contributed by atoms with E-state index in [1.165, 1.54) is 6.08 Å². The highest BCUT2D eigenvalue weighted by Crippen LogP contribution is 2.44. The first kappa shape index (κ1) is 32.0. The summed E-state index contributed by atoms with van der Waals surface area (Å²) in [6.45, 7) is 9.19. The normalized spacial score (nSPS) is 24.5. The van der Waals surface area contributed by atoms with E-state index in [0.717, 1.165) is 0 Å². The lowest BCUT2D eigenvalue weighted by Gasteiger charge is -2.43. The number of rotatable bonds is 15. The maximum absolute atomic E-state index is 13.1. The Labute approximate surface area is 240 Å². The van der Waals surface area contributed by atoms with Crippen LogP contribution < -0.4 is 0 Å². The van der Waals surface area contributed by atoms with Crippen molar-refractivity contribution in [2.75, 3.05) is 6.61 Å². The van der Waals surface area contributed by atoms with Gasteiger partial charge >= 0.3 is 11.9 Å². The van der Waals surface area contributed by atoms with Gasteiger partial charge in [-0.1, -0.05) is 38.6 Å². The average molecular weight is 572 g/mol. The molecule has 1 saturated carbocycles. The predicted octanol–water partition coefficient (Wildman–Crippen LogP) is 4.50. The molecule has 0 aliphatic heterocycles. The van der Waals surface area contributed by atoms with Crippen molar-refractivity contribution >= 4 is 29.2 Å². The quantitative estimate of drug-likeness (QED) is 0.183. The Morgan fingerprint density at radius 1 is 1.29 bits per heavy atom. The van der Waals surface area contributed by atoms with Gasteiger partial charge in [0.25, 0.3) is 0 Å². The molecule has 10 heteroatoms. The molecule has 1 aromatic rings. The Morgan fingerprint density at radius 2 is 2.07 bits per heavy atom. The molecule has 224 valence electrons. The van der Waals surface area contributed by atoms with E-state index in [-0.39, 0.29) is 67.8 Å². The molecular formula is C31H41NO9. The van der Waals surface area contributed by atoms with Crippen molar-refractivity contribution in [3.63, 3.8) is 0 Å². The SMILES string of the molecule is C=CCOC(=O)CC(O)CC(=O)CCC1C(C)C(=O)C=C2C(=NOCc3ccco3)CCC(OC(=O)C(C)CC)C21. The summed E-state index contributed by atoms with van der Waals surface area (Å²) in [5, 5.41) is 14.5. The summed E-state index contributed by atoms with van der Waals surface area (Å²) in [6.07, 6.45) is 4.45. The molecular weight excluding hydrogens is 530 g/mol. The van der Waals surface area contributed by atoms with Crippen molar-refractivity contribution in [1.29, 1.82) is 0 Å². The molecule has 3 rings (SSSR count). The van der Waals surface area contributed by atoms with E-state index >= 15 is 0 Å². The van der Waals surface area contributed by atoms with Crippen LogP contribution in [0.25, 0.3) is 0 Å². The molecule has 0 bridgehead atoms. The Balaban J connectivity index is 1.76. The Bertz CT molecular complexity index is 1140. The molecule has 6 unspecified atom stereocenters. The van der Waals surface area contributed by atoms with Gasteiger partial charge in [-0.3, -0.25) is 19.2 Å². The molecule has 6 atom stereocenters. The number of Topliss-reactive ketones (excluding diaryl/α,β-unsaturated/α-hetero) is 1. The number of hydrogen-bond donors (Lipinski definition) is 1. The molecule has 0 amide bonds. The minimum absolute atomic E-state index is 0.0340. The summed E-state index contributed by atoms with van der Waals surface area (Å²) in [5.74, 6) is -1.95. The Morgan fingerprint density at radius 3 is 2.76 bits per heavy atom. The van der Waals surface area contributed by atoms with E-state index in [1.54, 1.807) is 24.5 Å². The van der Waals surface area contributed by atoms with Gasteiger partial charge in [-0.15, -0.1) is 0 Å².